The molecular weight excluding hydrogens is 654 g/mol. The molecule has 270 valence electrons. The summed E-state index contributed by atoms with van der Waals surface area (Å²) in [7, 11) is 0. The number of aliphatic hydroxyl groups is 1. The minimum atomic E-state index is -0.977. The summed E-state index contributed by atoms with van der Waals surface area (Å²) in [6.07, 6.45) is -0.265. The van der Waals surface area contributed by atoms with Crippen LogP contribution in [0.3, 0.4) is 0 Å². The van der Waals surface area contributed by atoms with E-state index in [9.17, 15) is 19.5 Å². The van der Waals surface area contributed by atoms with E-state index in [1.54, 1.807) is 0 Å². The molecule has 0 saturated carbocycles. The Morgan fingerprint density at radius 1 is 0.882 bits per heavy atom. The first-order chi connectivity index (χ1) is 24.8. The fraction of sp³-hybridized carbons (Fsp3) is 0.462. The lowest BCUT2D eigenvalue weighted by Gasteiger charge is -2.44. The predicted molar refractivity (Wildman–Crippen MR) is 183 cm³/mol. The van der Waals surface area contributed by atoms with Crippen LogP contribution in [-0.4, -0.2) is 83.6 Å². The van der Waals surface area contributed by atoms with Crippen molar-refractivity contribution in [2.75, 3.05) is 32.8 Å². The number of nitrogens with one attached hydrogen (secondary N) is 1. The number of piperidine rings is 1. The maximum atomic E-state index is 13.1. The molecule has 3 aromatic carbocycles. The van der Waals surface area contributed by atoms with Gasteiger partial charge in [-0.05, 0) is 22.3 Å². The van der Waals surface area contributed by atoms with Crippen LogP contribution in [0.4, 0.5) is 4.79 Å². The second-order valence-corrected chi connectivity index (χ2v) is 13.8. The molecule has 4 aliphatic heterocycles. The van der Waals surface area contributed by atoms with Gasteiger partial charge >= 0.3 is 6.09 Å². The number of carbonyl (C=O) groups is 3. The number of hydrogen-bond acceptors (Lipinski definition) is 10. The number of nitrogens with zero attached hydrogens (tertiary/aromatic N) is 2. The molecule has 4 heterocycles. The van der Waals surface area contributed by atoms with Gasteiger partial charge in [-0.15, -0.1) is 0 Å². The van der Waals surface area contributed by atoms with Crippen molar-refractivity contribution < 1.29 is 43.2 Å². The summed E-state index contributed by atoms with van der Waals surface area (Å²) in [6, 6.07) is 23.6. The molecule has 5 atom stereocenters. The molecule has 4 fully saturated rings. The molecule has 1 spiro atoms. The van der Waals surface area contributed by atoms with Gasteiger partial charge in [0, 0.05) is 44.0 Å². The average molecular weight is 700 g/mol. The van der Waals surface area contributed by atoms with Crippen LogP contribution in [0.5, 0.6) is 0 Å². The molecule has 7 rings (SSSR count). The molecule has 4 saturated heterocycles. The lowest BCUT2D eigenvalue weighted by Crippen LogP contribution is -2.50. The molecule has 12 nitrogen and oxygen atoms in total. The summed E-state index contributed by atoms with van der Waals surface area (Å²) < 4.78 is 30.4. The normalized spacial score (nSPS) is 26.5. The zero-order chi connectivity index (χ0) is 35.4. The first kappa shape index (κ1) is 35.2. The van der Waals surface area contributed by atoms with Crippen LogP contribution < -0.4 is 5.32 Å². The van der Waals surface area contributed by atoms with E-state index in [-0.39, 0.29) is 50.2 Å². The summed E-state index contributed by atoms with van der Waals surface area (Å²) in [6.45, 7) is 5.98. The van der Waals surface area contributed by atoms with Gasteiger partial charge in [-0.2, -0.15) is 0 Å². The van der Waals surface area contributed by atoms with Crippen LogP contribution >= 0.6 is 0 Å². The van der Waals surface area contributed by atoms with E-state index in [0.717, 1.165) is 60.3 Å². The Morgan fingerprint density at radius 2 is 1.55 bits per heavy atom. The highest BCUT2D eigenvalue weighted by atomic mass is 16.7. The Labute approximate surface area is 297 Å². The van der Waals surface area contributed by atoms with Crippen molar-refractivity contribution >= 4 is 17.9 Å². The number of benzene rings is 3. The Balaban J connectivity index is 0.995. The van der Waals surface area contributed by atoms with E-state index in [1.807, 2.05) is 78.9 Å². The zero-order valence-corrected chi connectivity index (χ0v) is 28.8. The molecule has 12 heteroatoms. The van der Waals surface area contributed by atoms with Gasteiger partial charge in [0.25, 0.3) is 5.91 Å². The number of aliphatic hydroxyl groups excluding tert-OH is 1. The van der Waals surface area contributed by atoms with E-state index in [0.29, 0.717) is 13.2 Å². The summed E-state index contributed by atoms with van der Waals surface area (Å²) in [4.78, 5) is 41.9. The van der Waals surface area contributed by atoms with Gasteiger partial charge in [-0.25, -0.2) is 4.79 Å². The molecule has 0 aromatic heterocycles. The SMILES string of the molecule is C[C@@H]1[C@H](CN2CCC3(CC2)OCCO3)O[C@H](c2ccc(CN3C(=O)CC(NC(=O)OCc4ccccc4)C3=O)cc2)O[C@@H]1c1ccc(CO)cc1. The van der Waals surface area contributed by atoms with Crippen molar-refractivity contribution in [3.8, 4) is 0 Å². The Hall–Kier alpha value is -4.17. The molecule has 0 aliphatic carbocycles. The van der Waals surface area contributed by atoms with Crippen LogP contribution in [0.15, 0.2) is 78.9 Å². The maximum Gasteiger partial charge on any atom is 0.408 e. The molecular formula is C39H45N3O9. The van der Waals surface area contributed by atoms with Crippen LogP contribution in [0.2, 0.25) is 0 Å². The summed E-state index contributed by atoms with van der Waals surface area (Å²) >= 11 is 0. The number of hydrogen-bond donors (Lipinski definition) is 2. The van der Waals surface area contributed by atoms with Crippen molar-refractivity contribution in [3.05, 3.63) is 107 Å². The summed E-state index contributed by atoms with van der Waals surface area (Å²) in [5, 5.41) is 12.1. The molecule has 3 aromatic rings. The minimum Gasteiger partial charge on any atom is -0.445 e. The Bertz CT molecular complexity index is 1650. The topological polar surface area (TPSA) is 136 Å². The van der Waals surface area contributed by atoms with Crippen molar-refractivity contribution in [2.24, 2.45) is 5.92 Å². The molecule has 4 aliphatic rings. The zero-order valence-electron chi connectivity index (χ0n) is 28.8. The quantitative estimate of drug-likeness (QED) is 0.294. The first-order valence-corrected chi connectivity index (χ1v) is 17.7. The van der Waals surface area contributed by atoms with Crippen LogP contribution in [0.25, 0.3) is 0 Å². The van der Waals surface area contributed by atoms with Gasteiger partial charge < -0.3 is 39.0 Å². The highest BCUT2D eigenvalue weighted by Crippen LogP contribution is 2.42. The fourth-order valence-electron chi connectivity index (χ4n) is 7.28. The number of rotatable bonds is 10. The van der Waals surface area contributed by atoms with Crippen LogP contribution in [0.1, 0.15) is 66.4 Å². The third-order valence-corrected chi connectivity index (χ3v) is 10.3. The van der Waals surface area contributed by atoms with Gasteiger partial charge in [-0.1, -0.05) is 85.8 Å². The summed E-state index contributed by atoms with van der Waals surface area (Å²) in [5.41, 5.74) is 4.23. The fourth-order valence-corrected chi connectivity index (χ4v) is 7.28. The highest BCUT2D eigenvalue weighted by Gasteiger charge is 2.43. The molecule has 51 heavy (non-hydrogen) atoms. The first-order valence-electron chi connectivity index (χ1n) is 17.7. The van der Waals surface area contributed by atoms with E-state index in [1.165, 1.54) is 4.90 Å². The van der Waals surface area contributed by atoms with Crippen molar-refractivity contribution in [1.29, 1.82) is 0 Å². The summed E-state index contributed by atoms with van der Waals surface area (Å²) in [5.74, 6) is -1.24. The smallest absolute Gasteiger partial charge is 0.408 e. The van der Waals surface area contributed by atoms with Gasteiger partial charge in [0.15, 0.2) is 12.1 Å². The number of amides is 3. The predicted octanol–water partition coefficient (Wildman–Crippen LogP) is 4.36. The lowest BCUT2D eigenvalue weighted by molar-refractivity contribution is -0.278. The van der Waals surface area contributed by atoms with E-state index >= 15 is 0 Å². The second kappa shape index (κ2) is 15.6. The van der Waals surface area contributed by atoms with Gasteiger partial charge in [0.2, 0.25) is 5.91 Å². The standard InChI is InChI=1S/C39H45N3O9/c1-26-33(23-41-17-15-39(16-18-41)48-19-20-49-39)50-37(51-35(26)30-11-9-28(24-43)10-12-30)31-13-7-27(8-14-31)22-42-34(44)21-32(36(42)45)40-38(46)47-25-29-5-3-2-4-6-29/h2-14,26,32-33,35,37,43H,15-25H2,1H3,(H,40,46)/t26-,32?,33+,35+,37+/m1/s1. The largest absolute Gasteiger partial charge is 0.445 e. The minimum absolute atomic E-state index is 0.0287. The van der Waals surface area contributed by atoms with Crippen LogP contribution in [-0.2, 0) is 53.0 Å². The number of alkyl carbamates (subject to hydrolysis) is 1. The van der Waals surface area contributed by atoms with Crippen LogP contribution in [0, 0.1) is 5.92 Å². The van der Waals surface area contributed by atoms with Gasteiger partial charge in [0.05, 0.1) is 45.0 Å². The number of ether oxygens (including phenoxy) is 5. The van der Waals surface area contributed by atoms with Crippen molar-refractivity contribution in [3.63, 3.8) is 0 Å². The van der Waals surface area contributed by atoms with E-state index < -0.39 is 30.1 Å². The Morgan fingerprint density at radius 3 is 2.24 bits per heavy atom. The molecule has 2 N–H and O–H groups in total. The van der Waals surface area contributed by atoms with Crippen molar-refractivity contribution in [2.45, 2.75) is 76.3 Å². The molecule has 1 unspecified atom stereocenters. The molecule has 0 bridgehead atoms. The van der Waals surface area contributed by atoms with E-state index in [2.05, 4.69) is 17.1 Å². The maximum absolute atomic E-state index is 13.1. The highest BCUT2D eigenvalue weighted by molar-refractivity contribution is 6.06. The van der Waals surface area contributed by atoms with Crippen molar-refractivity contribution in [1.82, 2.24) is 15.1 Å². The Kier molecular flexibility index (Phi) is 10.8. The second-order valence-electron chi connectivity index (χ2n) is 13.8. The van der Waals surface area contributed by atoms with Gasteiger partial charge in [-0.3, -0.25) is 14.5 Å². The average Bonchev–Trinajstić information content (AvgIpc) is 3.72. The number of carbonyl (C=O) groups excluding carboxylic acids is 3. The lowest BCUT2D eigenvalue weighted by atomic mass is 9.89. The third-order valence-electron chi connectivity index (χ3n) is 10.3. The number of likely N-dealkylation sites (tertiary alicyclic amines) is 2. The van der Waals surface area contributed by atoms with E-state index in [4.69, 9.17) is 23.7 Å². The molecule has 0 radical (unpaired) electrons. The number of imide groups is 1. The third kappa shape index (κ3) is 8.17. The van der Waals surface area contributed by atoms with Gasteiger partial charge in [0.1, 0.15) is 12.6 Å². The monoisotopic (exact) mass is 699 g/mol. The molecule has 3 amide bonds.